The number of hydrogen-bond acceptors (Lipinski definition) is 14. The molecule has 11 atom stereocenters. The molecule has 5 heterocycles. The molecule has 5 aliphatic rings. The lowest BCUT2D eigenvalue weighted by Gasteiger charge is -2.59. The van der Waals surface area contributed by atoms with Crippen LogP contribution >= 0.6 is 11.8 Å². The van der Waals surface area contributed by atoms with E-state index in [1.807, 2.05) is 0 Å². The minimum absolute atomic E-state index is 0.0662. The molecule has 1 unspecified atom stereocenters. The fourth-order valence-corrected chi connectivity index (χ4v) is 12.9. The van der Waals surface area contributed by atoms with Crippen LogP contribution in [-0.4, -0.2) is 128 Å². The molecular weight excluding hydrogens is 606 g/mol. The third kappa shape index (κ3) is 5.66. The van der Waals surface area contributed by atoms with Crippen LogP contribution in [0.3, 0.4) is 0 Å². The summed E-state index contributed by atoms with van der Waals surface area (Å²) in [7, 11) is -1.85. The number of carbonyl (C=O) groups is 2. The van der Waals surface area contributed by atoms with Crippen LogP contribution in [0, 0.1) is 0 Å². The lowest BCUT2D eigenvalue weighted by molar-refractivity contribution is -0.338. The second-order valence-electron chi connectivity index (χ2n) is 13.6. The molecule has 0 aliphatic carbocycles. The van der Waals surface area contributed by atoms with E-state index < -0.39 is 104 Å². The van der Waals surface area contributed by atoms with Crippen LogP contribution in [0.25, 0.3) is 0 Å². The monoisotopic (exact) mass is 649 g/mol. The molecule has 0 aromatic carbocycles. The third-order valence-corrected chi connectivity index (χ3v) is 15.1. The zero-order chi connectivity index (χ0) is 31.6. The van der Waals surface area contributed by atoms with Crippen molar-refractivity contribution in [1.29, 1.82) is 0 Å². The number of amides is 1. The molecule has 16 heteroatoms. The summed E-state index contributed by atoms with van der Waals surface area (Å²) in [5.74, 6) is -0.847. The molecule has 3 saturated heterocycles. The number of carbonyl (C=O) groups excluding carboxylic acids is 2. The molecule has 0 saturated carbocycles. The van der Waals surface area contributed by atoms with Crippen LogP contribution in [-0.2, 0) is 42.1 Å². The number of nitrogens with one attached hydrogen (secondary N) is 1. The number of hydrogen-bond donors (Lipinski definition) is 5. The number of esters is 1. The molecule has 244 valence electrons. The quantitative estimate of drug-likeness (QED) is 0.198. The standard InChI is InChI=1S/C27H43NO13SSi/c1-26(2,3)43(27(4,5)6)36-10-14-18(41-43)19(40-24-17(32)16(31)15(30)13(9-29)38-24)21-25(39-14)37-12-8-11(23(34)35-7)28-22(33)20(12)42-21/h11,13-19,21,24-25,29-32H,8-10H2,1-7H3,(H,28,33)/t11?,13-,14-,15+,16+,17-,18+,19+,21-,24+,25+/m1/s1. The molecular formula is C27H43NO13SSi. The number of rotatable bonds is 4. The highest BCUT2D eigenvalue weighted by molar-refractivity contribution is 8.04. The van der Waals surface area contributed by atoms with Gasteiger partial charge in [0.25, 0.3) is 5.91 Å². The van der Waals surface area contributed by atoms with Crippen molar-refractivity contribution < 1.29 is 62.6 Å². The van der Waals surface area contributed by atoms with Gasteiger partial charge in [0.2, 0.25) is 6.29 Å². The number of ether oxygens (including phenoxy) is 5. The lowest BCUT2D eigenvalue weighted by atomic mass is 9.97. The second-order valence-corrected chi connectivity index (χ2v) is 19.5. The van der Waals surface area contributed by atoms with Crippen molar-refractivity contribution >= 4 is 32.2 Å². The molecule has 5 aliphatic heterocycles. The Morgan fingerprint density at radius 1 is 1.07 bits per heavy atom. The highest BCUT2D eigenvalue weighted by Gasteiger charge is 2.66. The SMILES string of the molecule is COC(=O)C1CC2=C(S[C@H]3[C@@H](O2)O[C@@H]2CO[Si](C(C)(C)C)(C(C)(C)C)O[C@@H]2[C@@H]3O[C@@H]2O[C@H](CO)[C@H](O)[C@H](O)[C@H]2O)C(=O)N1. The summed E-state index contributed by atoms with van der Waals surface area (Å²) in [5, 5.41) is 42.5. The average Bonchev–Trinajstić information content (AvgIpc) is 2.94. The van der Waals surface area contributed by atoms with Crippen molar-refractivity contribution in [2.24, 2.45) is 0 Å². The van der Waals surface area contributed by atoms with Gasteiger partial charge in [-0.3, -0.25) is 4.79 Å². The van der Waals surface area contributed by atoms with Crippen molar-refractivity contribution in [3.8, 4) is 0 Å². The Kier molecular flexibility index (Phi) is 9.07. The van der Waals surface area contributed by atoms with Crippen molar-refractivity contribution in [3.05, 3.63) is 10.7 Å². The number of aliphatic hydroxyl groups excluding tert-OH is 4. The smallest absolute Gasteiger partial charge is 0.349 e. The van der Waals surface area contributed by atoms with Gasteiger partial charge in [0.15, 0.2) is 6.29 Å². The van der Waals surface area contributed by atoms with Crippen molar-refractivity contribution in [2.45, 2.75) is 125 Å². The average molecular weight is 650 g/mol. The zero-order valence-electron chi connectivity index (χ0n) is 25.3. The summed E-state index contributed by atoms with van der Waals surface area (Å²) in [5.41, 5.74) is 0. The lowest BCUT2D eigenvalue weighted by Crippen LogP contribution is -2.72. The molecule has 0 aromatic rings. The fraction of sp³-hybridized carbons (Fsp3) is 0.852. The summed E-state index contributed by atoms with van der Waals surface area (Å²) in [6, 6.07) is -0.919. The van der Waals surface area contributed by atoms with E-state index in [0.717, 1.165) is 11.8 Å². The van der Waals surface area contributed by atoms with Crippen molar-refractivity contribution in [1.82, 2.24) is 5.32 Å². The first-order valence-corrected chi connectivity index (χ1v) is 17.1. The fourth-order valence-electron chi connectivity index (χ4n) is 6.66. The normalized spacial score (nSPS) is 41.3. The first kappa shape index (κ1) is 33.1. The van der Waals surface area contributed by atoms with Crippen molar-refractivity contribution in [3.63, 3.8) is 0 Å². The minimum atomic E-state index is -3.08. The van der Waals surface area contributed by atoms with E-state index >= 15 is 0 Å². The van der Waals surface area contributed by atoms with Crippen LogP contribution < -0.4 is 5.32 Å². The molecule has 0 radical (unpaired) electrons. The molecule has 0 bridgehead atoms. The summed E-state index contributed by atoms with van der Waals surface area (Å²) < 4.78 is 43.1. The molecule has 3 fully saturated rings. The van der Waals surface area contributed by atoms with Crippen LogP contribution in [0.4, 0.5) is 0 Å². The van der Waals surface area contributed by atoms with E-state index in [1.165, 1.54) is 7.11 Å². The van der Waals surface area contributed by atoms with Gasteiger partial charge in [-0.25, -0.2) is 4.79 Å². The first-order chi connectivity index (χ1) is 20.0. The van der Waals surface area contributed by atoms with Gasteiger partial charge < -0.3 is 58.3 Å². The molecule has 0 spiro atoms. The van der Waals surface area contributed by atoms with E-state index in [-0.39, 0.29) is 23.7 Å². The summed E-state index contributed by atoms with van der Waals surface area (Å²) in [6.45, 7) is 11.9. The van der Waals surface area contributed by atoms with Gasteiger partial charge in [-0.05, 0) is 0 Å². The van der Waals surface area contributed by atoms with Gasteiger partial charge in [-0.1, -0.05) is 41.5 Å². The summed E-state index contributed by atoms with van der Waals surface area (Å²) in [6.07, 6.45) is -10.8. The van der Waals surface area contributed by atoms with Crippen LogP contribution in [0.1, 0.15) is 48.0 Å². The number of thioether (sulfide) groups is 1. The topological polar surface area (TPSA) is 192 Å². The largest absolute Gasteiger partial charge is 0.467 e. The van der Waals surface area contributed by atoms with E-state index in [0.29, 0.717) is 0 Å². The molecule has 0 aromatic heterocycles. The second kappa shape index (κ2) is 11.8. The van der Waals surface area contributed by atoms with Gasteiger partial charge in [0, 0.05) is 16.5 Å². The minimum Gasteiger partial charge on any atom is -0.467 e. The van der Waals surface area contributed by atoms with Gasteiger partial charge in [-0.15, -0.1) is 11.8 Å². The number of methoxy groups -OCH3 is 1. The highest BCUT2D eigenvalue weighted by Crippen LogP contribution is 2.56. The Bertz CT molecular complexity index is 1110. The van der Waals surface area contributed by atoms with Gasteiger partial charge in [-0.2, -0.15) is 0 Å². The van der Waals surface area contributed by atoms with Gasteiger partial charge in [0.1, 0.15) is 64.7 Å². The molecule has 1 amide bonds. The van der Waals surface area contributed by atoms with E-state index in [4.69, 9.17) is 32.5 Å². The first-order valence-electron chi connectivity index (χ1n) is 14.4. The number of fused-ring (bicyclic) bond motifs is 2. The van der Waals surface area contributed by atoms with Crippen LogP contribution in [0.2, 0.25) is 10.1 Å². The summed E-state index contributed by atoms with van der Waals surface area (Å²) in [4.78, 5) is 25.6. The molecule has 5 rings (SSSR count). The highest BCUT2D eigenvalue weighted by atomic mass is 32.2. The third-order valence-electron chi connectivity index (χ3n) is 8.61. The Morgan fingerprint density at radius 2 is 1.74 bits per heavy atom. The van der Waals surface area contributed by atoms with Gasteiger partial charge >= 0.3 is 14.5 Å². The predicted octanol–water partition coefficient (Wildman–Crippen LogP) is -0.241. The molecule has 43 heavy (non-hydrogen) atoms. The maximum Gasteiger partial charge on any atom is 0.349 e. The Labute approximate surface area is 255 Å². The number of aliphatic hydroxyl groups is 4. The van der Waals surface area contributed by atoms with Crippen molar-refractivity contribution in [2.75, 3.05) is 20.3 Å². The molecule has 14 nitrogen and oxygen atoms in total. The summed E-state index contributed by atoms with van der Waals surface area (Å²) >= 11 is 1.14. The van der Waals surface area contributed by atoms with Crippen LogP contribution in [0.5, 0.6) is 0 Å². The van der Waals surface area contributed by atoms with E-state index in [2.05, 4.69) is 46.9 Å². The zero-order valence-corrected chi connectivity index (χ0v) is 27.2. The molecule has 5 N–H and O–H groups in total. The Morgan fingerprint density at radius 3 is 2.35 bits per heavy atom. The van der Waals surface area contributed by atoms with Crippen LogP contribution in [0.15, 0.2) is 10.7 Å². The van der Waals surface area contributed by atoms with E-state index in [1.54, 1.807) is 0 Å². The van der Waals surface area contributed by atoms with Gasteiger partial charge in [0.05, 0.1) is 20.3 Å². The van der Waals surface area contributed by atoms with E-state index in [9.17, 15) is 30.0 Å². The Hall–Kier alpha value is -1.31. The maximum absolute atomic E-state index is 13.1. The maximum atomic E-state index is 13.1. The Balaban J connectivity index is 1.52. The predicted molar refractivity (Wildman–Crippen MR) is 151 cm³/mol.